The number of aromatic nitrogens is 1. The second kappa shape index (κ2) is 5.29. The zero-order valence-electron chi connectivity index (χ0n) is 9.34. The van der Waals surface area contributed by atoms with Crippen molar-refractivity contribution in [3.05, 3.63) is 50.5 Å². The maximum absolute atomic E-state index is 10.9. The Bertz CT molecular complexity index is 649. The summed E-state index contributed by atoms with van der Waals surface area (Å²) < 4.78 is 5.31. The van der Waals surface area contributed by atoms with Crippen molar-refractivity contribution >= 4 is 34.7 Å². The van der Waals surface area contributed by atoms with Gasteiger partial charge in [0.2, 0.25) is 11.6 Å². The third kappa shape index (κ3) is 3.04. The van der Waals surface area contributed by atoms with Crippen LogP contribution in [0.25, 0.3) is 0 Å². The van der Waals surface area contributed by atoms with E-state index in [1.54, 1.807) is 12.1 Å². The quantitative estimate of drug-likeness (QED) is 0.689. The molecule has 2 N–H and O–H groups in total. The highest BCUT2D eigenvalue weighted by Crippen LogP contribution is 2.37. The van der Waals surface area contributed by atoms with Crippen LogP contribution in [0.2, 0.25) is 10.0 Å². The third-order valence-corrected chi connectivity index (χ3v) is 2.88. The Hall–Kier alpha value is -2.05. The molecule has 19 heavy (non-hydrogen) atoms. The zero-order chi connectivity index (χ0) is 14.0. The van der Waals surface area contributed by atoms with Crippen molar-refractivity contribution in [1.29, 1.82) is 0 Å². The van der Waals surface area contributed by atoms with Gasteiger partial charge in [0.25, 0.3) is 0 Å². The van der Waals surface area contributed by atoms with Crippen LogP contribution in [0.5, 0.6) is 11.6 Å². The third-order valence-electron chi connectivity index (χ3n) is 2.16. The molecule has 0 amide bonds. The first-order chi connectivity index (χ1) is 8.97. The van der Waals surface area contributed by atoms with Crippen LogP contribution in [0.3, 0.4) is 0 Å². The Kier molecular flexibility index (Phi) is 3.73. The molecule has 0 unspecified atom stereocenters. The second-order valence-corrected chi connectivity index (χ2v) is 4.31. The summed E-state index contributed by atoms with van der Waals surface area (Å²) in [4.78, 5) is 14.2. The lowest BCUT2D eigenvalue weighted by molar-refractivity contribution is -0.385. The number of nitrogens with two attached hydrogens (primary N) is 1. The van der Waals surface area contributed by atoms with Crippen LogP contribution in [0.15, 0.2) is 30.3 Å². The number of nitrogen functional groups attached to an aromatic ring is 1. The smallest absolute Gasteiger partial charge is 0.313 e. The minimum atomic E-state index is -0.621. The van der Waals surface area contributed by atoms with Crippen molar-refractivity contribution in [2.75, 3.05) is 5.73 Å². The van der Waals surface area contributed by atoms with Gasteiger partial charge in [0.05, 0.1) is 15.0 Å². The van der Waals surface area contributed by atoms with Crippen LogP contribution in [-0.2, 0) is 0 Å². The van der Waals surface area contributed by atoms with Gasteiger partial charge < -0.3 is 10.5 Å². The molecule has 0 aliphatic rings. The maximum atomic E-state index is 10.9. The van der Waals surface area contributed by atoms with Crippen LogP contribution in [0, 0.1) is 10.1 Å². The molecule has 2 rings (SSSR count). The standard InChI is InChI=1S/C11H7Cl2N3O3/c12-6-4-8(16(17)18)9(5-7(6)13)19-11-3-1-2-10(14)15-11/h1-5H,(H2,14,15). The van der Waals surface area contributed by atoms with Gasteiger partial charge in [-0.2, -0.15) is 4.98 Å². The van der Waals surface area contributed by atoms with Gasteiger partial charge in [-0.3, -0.25) is 10.1 Å². The van der Waals surface area contributed by atoms with Gasteiger partial charge in [-0.1, -0.05) is 29.3 Å². The molecule has 1 aromatic carbocycles. The van der Waals surface area contributed by atoms with E-state index in [1.165, 1.54) is 12.1 Å². The lowest BCUT2D eigenvalue weighted by Crippen LogP contribution is -1.96. The number of nitro benzene ring substituents is 1. The fourth-order valence-corrected chi connectivity index (χ4v) is 1.65. The highest BCUT2D eigenvalue weighted by molar-refractivity contribution is 6.42. The van der Waals surface area contributed by atoms with E-state index in [0.717, 1.165) is 6.07 Å². The summed E-state index contributed by atoms with van der Waals surface area (Å²) in [5, 5.41) is 11.1. The van der Waals surface area contributed by atoms with Crippen molar-refractivity contribution in [3.8, 4) is 11.6 Å². The molecule has 0 atom stereocenters. The number of halogens is 2. The van der Waals surface area contributed by atoms with Gasteiger partial charge in [0, 0.05) is 18.2 Å². The summed E-state index contributed by atoms with van der Waals surface area (Å²) in [6.45, 7) is 0. The molecule has 0 fully saturated rings. The summed E-state index contributed by atoms with van der Waals surface area (Å²) in [5.74, 6) is 0.305. The summed E-state index contributed by atoms with van der Waals surface area (Å²) in [6, 6.07) is 7.07. The molecule has 0 saturated carbocycles. The van der Waals surface area contributed by atoms with E-state index in [9.17, 15) is 10.1 Å². The molecule has 0 bridgehead atoms. The molecule has 98 valence electrons. The van der Waals surface area contributed by atoms with E-state index < -0.39 is 4.92 Å². The van der Waals surface area contributed by atoms with Crippen LogP contribution in [0.4, 0.5) is 11.5 Å². The number of pyridine rings is 1. The lowest BCUT2D eigenvalue weighted by Gasteiger charge is -2.07. The van der Waals surface area contributed by atoms with E-state index in [2.05, 4.69) is 4.98 Å². The van der Waals surface area contributed by atoms with Crippen molar-refractivity contribution in [3.63, 3.8) is 0 Å². The fraction of sp³-hybridized carbons (Fsp3) is 0. The van der Waals surface area contributed by atoms with E-state index >= 15 is 0 Å². The highest BCUT2D eigenvalue weighted by Gasteiger charge is 2.19. The second-order valence-electron chi connectivity index (χ2n) is 3.49. The van der Waals surface area contributed by atoms with Crippen molar-refractivity contribution < 1.29 is 9.66 Å². The topological polar surface area (TPSA) is 91.3 Å². The molecular weight excluding hydrogens is 293 g/mol. The molecule has 0 aliphatic carbocycles. The maximum Gasteiger partial charge on any atom is 0.313 e. The molecule has 2 aromatic rings. The van der Waals surface area contributed by atoms with Crippen molar-refractivity contribution in [2.24, 2.45) is 0 Å². The fourth-order valence-electron chi connectivity index (χ4n) is 1.34. The Labute approximate surface area is 117 Å². The number of hydrogen-bond donors (Lipinski definition) is 1. The average molecular weight is 300 g/mol. The van der Waals surface area contributed by atoms with E-state index in [-0.39, 0.29) is 33.2 Å². The first-order valence-corrected chi connectivity index (χ1v) is 5.77. The monoisotopic (exact) mass is 299 g/mol. The summed E-state index contributed by atoms with van der Waals surface area (Å²) in [5.41, 5.74) is 5.19. The van der Waals surface area contributed by atoms with E-state index in [4.69, 9.17) is 33.7 Å². The minimum Gasteiger partial charge on any atom is -0.432 e. The van der Waals surface area contributed by atoms with E-state index in [1.807, 2.05) is 0 Å². The SMILES string of the molecule is Nc1cccc(Oc2cc(Cl)c(Cl)cc2[N+](=O)[O-])n1. The average Bonchev–Trinajstić information content (AvgIpc) is 2.33. The predicted octanol–water partition coefficient (Wildman–Crippen LogP) is 3.67. The van der Waals surface area contributed by atoms with Gasteiger partial charge in [-0.15, -0.1) is 0 Å². The molecule has 6 nitrogen and oxygen atoms in total. The van der Waals surface area contributed by atoms with E-state index in [0.29, 0.717) is 0 Å². The highest BCUT2D eigenvalue weighted by atomic mass is 35.5. The Morgan fingerprint density at radius 1 is 1.26 bits per heavy atom. The largest absolute Gasteiger partial charge is 0.432 e. The summed E-state index contributed by atoms with van der Waals surface area (Å²) in [6.07, 6.45) is 0. The normalized spacial score (nSPS) is 10.2. The lowest BCUT2D eigenvalue weighted by atomic mass is 10.3. The van der Waals surface area contributed by atoms with Gasteiger partial charge in [0.1, 0.15) is 5.82 Å². The van der Waals surface area contributed by atoms with Crippen molar-refractivity contribution in [2.45, 2.75) is 0 Å². The van der Waals surface area contributed by atoms with Gasteiger partial charge in [-0.25, -0.2) is 0 Å². The number of nitro groups is 1. The van der Waals surface area contributed by atoms with Crippen LogP contribution < -0.4 is 10.5 Å². The molecule has 1 heterocycles. The number of ether oxygens (including phenoxy) is 1. The van der Waals surface area contributed by atoms with Gasteiger partial charge in [0.15, 0.2) is 0 Å². The first-order valence-electron chi connectivity index (χ1n) is 5.01. The Balaban J connectivity index is 2.44. The molecule has 1 aromatic heterocycles. The zero-order valence-corrected chi connectivity index (χ0v) is 10.9. The number of nitrogens with zero attached hydrogens (tertiary/aromatic N) is 2. The minimum absolute atomic E-state index is 0.0579. The van der Waals surface area contributed by atoms with Crippen LogP contribution in [-0.4, -0.2) is 9.91 Å². The molecule has 0 aliphatic heterocycles. The molecule has 8 heteroatoms. The number of hydrogen-bond acceptors (Lipinski definition) is 5. The predicted molar refractivity (Wildman–Crippen MR) is 71.8 cm³/mol. The summed E-state index contributed by atoms with van der Waals surface area (Å²) >= 11 is 11.5. The van der Waals surface area contributed by atoms with Gasteiger partial charge >= 0.3 is 5.69 Å². The molecular formula is C11H7Cl2N3O3. The summed E-state index contributed by atoms with van der Waals surface area (Å²) in [7, 11) is 0. The Morgan fingerprint density at radius 3 is 2.58 bits per heavy atom. The molecule has 0 radical (unpaired) electrons. The number of anilines is 1. The number of rotatable bonds is 3. The first kappa shape index (κ1) is 13.4. The van der Waals surface area contributed by atoms with Crippen LogP contribution >= 0.6 is 23.2 Å². The van der Waals surface area contributed by atoms with Crippen LogP contribution in [0.1, 0.15) is 0 Å². The van der Waals surface area contributed by atoms with Gasteiger partial charge in [-0.05, 0) is 6.07 Å². The molecule has 0 spiro atoms. The molecule has 0 saturated heterocycles. The Morgan fingerprint density at radius 2 is 1.95 bits per heavy atom. The van der Waals surface area contributed by atoms with Crippen molar-refractivity contribution in [1.82, 2.24) is 4.98 Å². The number of benzene rings is 1.